The van der Waals surface area contributed by atoms with Gasteiger partial charge in [0.25, 0.3) is 5.91 Å². The van der Waals surface area contributed by atoms with Gasteiger partial charge in [0.2, 0.25) is 5.91 Å². The van der Waals surface area contributed by atoms with Gasteiger partial charge in [0.1, 0.15) is 0 Å². The number of carbonyl (C=O) groups excluding carboxylic acids is 2. The summed E-state index contributed by atoms with van der Waals surface area (Å²) in [6, 6.07) is 5.14. The summed E-state index contributed by atoms with van der Waals surface area (Å²) in [6.45, 7) is 0. The highest BCUT2D eigenvalue weighted by atomic mass is 79.9. The van der Waals surface area contributed by atoms with E-state index in [1.165, 1.54) is 6.42 Å². The summed E-state index contributed by atoms with van der Waals surface area (Å²) in [6.07, 6.45) is 5.58. The van der Waals surface area contributed by atoms with Crippen molar-refractivity contribution in [2.45, 2.75) is 38.1 Å². The Labute approximate surface area is 137 Å². The van der Waals surface area contributed by atoms with Gasteiger partial charge in [0.05, 0.1) is 15.9 Å². The Hall–Kier alpha value is -1.07. The summed E-state index contributed by atoms with van der Waals surface area (Å²) >= 11 is 9.18. The summed E-state index contributed by atoms with van der Waals surface area (Å²) in [5.41, 5.74) is 0.965. The molecule has 21 heavy (non-hydrogen) atoms. The number of carbonyl (C=O) groups is 2. The fraction of sp³-hybridized carbons (Fsp3) is 0.467. The van der Waals surface area contributed by atoms with Crippen LogP contribution in [0.15, 0.2) is 18.2 Å². The predicted molar refractivity (Wildman–Crippen MR) is 88.2 cm³/mol. The van der Waals surface area contributed by atoms with Gasteiger partial charge in [-0.15, -0.1) is 0 Å². The van der Waals surface area contributed by atoms with E-state index in [9.17, 15) is 9.59 Å². The van der Waals surface area contributed by atoms with Crippen LogP contribution >= 0.6 is 27.5 Å². The lowest BCUT2D eigenvalue weighted by Crippen LogP contribution is -2.36. The second-order valence-electron chi connectivity index (χ2n) is 5.18. The van der Waals surface area contributed by atoms with E-state index in [0.717, 1.165) is 25.7 Å². The highest BCUT2D eigenvalue weighted by Gasteiger charge is 2.18. The van der Waals surface area contributed by atoms with E-state index in [1.54, 1.807) is 18.2 Å². The first kappa shape index (κ1) is 16.3. The first-order valence-electron chi connectivity index (χ1n) is 7.06. The quantitative estimate of drug-likeness (QED) is 0.790. The Morgan fingerprint density at radius 3 is 2.62 bits per heavy atom. The van der Waals surface area contributed by atoms with Crippen LogP contribution in [0.4, 0.5) is 5.69 Å². The molecule has 2 rings (SSSR count). The van der Waals surface area contributed by atoms with E-state index in [-0.39, 0.29) is 23.2 Å². The molecule has 0 bridgehead atoms. The third-order valence-corrected chi connectivity index (χ3v) is 4.40. The van der Waals surface area contributed by atoms with Crippen molar-refractivity contribution in [3.05, 3.63) is 28.8 Å². The first-order chi connectivity index (χ1) is 10.1. The molecule has 1 fully saturated rings. The minimum absolute atomic E-state index is 0.170. The minimum atomic E-state index is -0.179. The van der Waals surface area contributed by atoms with Crippen LogP contribution in [0.25, 0.3) is 0 Å². The molecule has 0 heterocycles. The Balaban J connectivity index is 2.07. The molecule has 114 valence electrons. The molecule has 0 aromatic heterocycles. The SMILES string of the molecule is O=C(CBr)Nc1ccc(Cl)c(C(=O)NC2CCCCC2)c1. The molecule has 1 aliphatic rings. The van der Waals surface area contributed by atoms with E-state index in [1.807, 2.05) is 0 Å². The zero-order valence-electron chi connectivity index (χ0n) is 11.6. The molecule has 0 saturated heterocycles. The number of hydrogen-bond donors (Lipinski definition) is 2. The van der Waals surface area contributed by atoms with Gasteiger partial charge in [-0.05, 0) is 31.0 Å². The number of anilines is 1. The Morgan fingerprint density at radius 2 is 1.95 bits per heavy atom. The monoisotopic (exact) mass is 372 g/mol. The van der Waals surface area contributed by atoms with Gasteiger partial charge in [-0.3, -0.25) is 9.59 Å². The second kappa shape index (κ2) is 7.80. The standard InChI is InChI=1S/C15H18BrClN2O2/c16-9-14(20)18-11-6-7-13(17)12(8-11)15(21)19-10-4-2-1-3-5-10/h6-8,10H,1-5,9H2,(H,18,20)(H,19,21). The Bertz CT molecular complexity index is 530. The molecule has 0 atom stereocenters. The predicted octanol–water partition coefficient (Wildman–Crippen LogP) is 3.74. The smallest absolute Gasteiger partial charge is 0.253 e. The van der Waals surface area contributed by atoms with Gasteiger partial charge in [0, 0.05) is 11.7 Å². The maximum atomic E-state index is 12.3. The molecule has 0 spiro atoms. The molecule has 0 unspecified atom stereocenters. The Morgan fingerprint density at radius 1 is 1.24 bits per heavy atom. The molecular formula is C15H18BrClN2O2. The van der Waals surface area contributed by atoms with Crippen LogP contribution in [0.1, 0.15) is 42.5 Å². The number of rotatable bonds is 4. The van der Waals surface area contributed by atoms with Crippen LogP contribution in [0.5, 0.6) is 0 Å². The largest absolute Gasteiger partial charge is 0.349 e. The second-order valence-corrected chi connectivity index (χ2v) is 6.15. The van der Waals surface area contributed by atoms with Crippen LogP contribution in [0.2, 0.25) is 5.02 Å². The van der Waals surface area contributed by atoms with E-state index in [2.05, 4.69) is 26.6 Å². The number of amides is 2. The van der Waals surface area contributed by atoms with Crippen LogP contribution < -0.4 is 10.6 Å². The van der Waals surface area contributed by atoms with E-state index < -0.39 is 0 Å². The molecule has 6 heteroatoms. The summed E-state index contributed by atoms with van der Waals surface area (Å²) in [5.74, 6) is -0.349. The molecule has 1 aromatic carbocycles. The van der Waals surface area contributed by atoms with Crippen molar-refractivity contribution < 1.29 is 9.59 Å². The molecule has 4 nitrogen and oxygen atoms in total. The highest BCUT2D eigenvalue weighted by molar-refractivity contribution is 9.09. The van der Waals surface area contributed by atoms with Gasteiger partial charge in [0.15, 0.2) is 0 Å². The first-order valence-corrected chi connectivity index (χ1v) is 8.56. The molecule has 2 amide bonds. The van der Waals surface area contributed by atoms with Crippen molar-refractivity contribution in [1.29, 1.82) is 0 Å². The van der Waals surface area contributed by atoms with Crippen molar-refractivity contribution in [3.63, 3.8) is 0 Å². The summed E-state index contributed by atoms with van der Waals surface area (Å²) in [7, 11) is 0. The summed E-state index contributed by atoms with van der Waals surface area (Å²) < 4.78 is 0. The van der Waals surface area contributed by atoms with Crippen LogP contribution in [-0.2, 0) is 4.79 Å². The number of hydrogen-bond acceptors (Lipinski definition) is 2. The van der Waals surface area contributed by atoms with Gasteiger partial charge < -0.3 is 10.6 Å². The molecule has 1 aromatic rings. The molecule has 1 saturated carbocycles. The average molecular weight is 374 g/mol. The maximum Gasteiger partial charge on any atom is 0.253 e. The third kappa shape index (κ3) is 4.71. The van der Waals surface area contributed by atoms with Crippen molar-refractivity contribution in [2.75, 3.05) is 10.6 Å². The van der Waals surface area contributed by atoms with Gasteiger partial charge in [-0.25, -0.2) is 0 Å². The van der Waals surface area contributed by atoms with Gasteiger partial charge >= 0.3 is 0 Å². The molecule has 0 aliphatic heterocycles. The van der Waals surface area contributed by atoms with Crippen molar-refractivity contribution in [3.8, 4) is 0 Å². The highest BCUT2D eigenvalue weighted by Crippen LogP contribution is 2.22. The zero-order valence-corrected chi connectivity index (χ0v) is 14.0. The van der Waals surface area contributed by atoms with Crippen LogP contribution in [0.3, 0.4) is 0 Å². The van der Waals surface area contributed by atoms with E-state index in [0.29, 0.717) is 16.3 Å². The van der Waals surface area contributed by atoms with Crippen LogP contribution in [-0.4, -0.2) is 23.2 Å². The van der Waals surface area contributed by atoms with Crippen LogP contribution in [0, 0.1) is 0 Å². The Kier molecular flexibility index (Phi) is 6.06. The third-order valence-electron chi connectivity index (χ3n) is 3.56. The lowest BCUT2D eigenvalue weighted by molar-refractivity contribution is -0.113. The average Bonchev–Trinajstić information content (AvgIpc) is 2.50. The number of nitrogens with one attached hydrogen (secondary N) is 2. The zero-order chi connectivity index (χ0) is 15.2. The minimum Gasteiger partial charge on any atom is -0.349 e. The number of halogens is 2. The van der Waals surface area contributed by atoms with E-state index >= 15 is 0 Å². The van der Waals surface area contributed by atoms with E-state index in [4.69, 9.17) is 11.6 Å². The summed E-state index contributed by atoms with van der Waals surface area (Å²) in [5, 5.41) is 6.32. The van der Waals surface area contributed by atoms with Crippen molar-refractivity contribution in [1.82, 2.24) is 5.32 Å². The number of alkyl halides is 1. The maximum absolute atomic E-state index is 12.3. The lowest BCUT2D eigenvalue weighted by atomic mass is 9.95. The molecular weight excluding hydrogens is 356 g/mol. The summed E-state index contributed by atoms with van der Waals surface area (Å²) in [4.78, 5) is 23.7. The van der Waals surface area contributed by atoms with Crippen molar-refractivity contribution in [2.24, 2.45) is 0 Å². The normalized spacial score (nSPS) is 15.5. The van der Waals surface area contributed by atoms with Gasteiger partial charge in [-0.1, -0.05) is 46.8 Å². The van der Waals surface area contributed by atoms with Crippen molar-refractivity contribution >= 4 is 45.0 Å². The van der Waals surface area contributed by atoms with Gasteiger partial charge in [-0.2, -0.15) is 0 Å². The lowest BCUT2D eigenvalue weighted by Gasteiger charge is -2.23. The molecule has 0 radical (unpaired) electrons. The molecule has 1 aliphatic carbocycles. The topological polar surface area (TPSA) is 58.2 Å². The fourth-order valence-electron chi connectivity index (χ4n) is 2.48. The fourth-order valence-corrected chi connectivity index (χ4v) is 2.83. The molecule has 2 N–H and O–H groups in total. The number of benzene rings is 1.